The van der Waals surface area contributed by atoms with Crippen LogP contribution in [0.4, 0.5) is 0 Å². The summed E-state index contributed by atoms with van der Waals surface area (Å²) >= 11 is 3.35. The van der Waals surface area contributed by atoms with Gasteiger partial charge in [0.2, 0.25) is 0 Å². The molecule has 0 aromatic heterocycles. The van der Waals surface area contributed by atoms with Gasteiger partial charge in [-0.1, -0.05) is 45.8 Å². The van der Waals surface area contributed by atoms with Crippen LogP contribution in [0, 0.1) is 6.92 Å². The molecule has 0 saturated heterocycles. The van der Waals surface area contributed by atoms with Gasteiger partial charge in [-0.25, -0.2) is 5.43 Å². The highest BCUT2D eigenvalue weighted by Crippen LogP contribution is 2.09. The summed E-state index contributed by atoms with van der Waals surface area (Å²) in [7, 11) is 0. The van der Waals surface area contributed by atoms with Crippen molar-refractivity contribution >= 4 is 34.0 Å². The van der Waals surface area contributed by atoms with Crippen LogP contribution in [0.5, 0.6) is 0 Å². The minimum absolute atomic E-state index is 0.136. The zero-order valence-electron chi connectivity index (χ0n) is 12.5. The topological polar surface area (TPSA) is 70.6 Å². The predicted octanol–water partition coefficient (Wildman–Crippen LogP) is 2.64. The molecule has 6 heteroatoms. The van der Waals surface area contributed by atoms with Crippen molar-refractivity contribution in [1.29, 1.82) is 0 Å². The second kappa shape index (κ2) is 8.24. The van der Waals surface area contributed by atoms with Crippen molar-refractivity contribution in [3.05, 3.63) is 69.7 Å². The van der Waals surface area contributed by atoms with E-state index in [9.17, 15) is 9.59 Å². The minimum atomic E-state index is -0.391. The van der Waals surface area contributed by atoms with Gasteiger partial charge < -0.3 is 5.32 Å². The monoisotopic (exact) mass is 373 g/mol. The largest absolute Gasteiger partial charge is 0.343 e. The summed E-state index contributed by atoms with van der Waals surface area (Å²) in [4.78, 5) is 23.6. The Labute approximate surface area is 142 Å². The van der Waals surface area contributed by atoms with Gasteiger partial charge in [0.25, 0.3) is 11.8 Å². The van der Waals surface area contributed by atoms with Gasteiger partial charge in [0.15, 0.2) is 0 Å². The maximum absolute atomic E-state index is 11.9. The van der Waals surface area contributed by atoms with E-state index < -0.39 is 5.91 Å². The van der Waals surface area contributed by atoms with Crippen LogP contribution in [0.3, 0.4) is 0 Å². The normalized spacial score (nSPS) is 10.5. The average molecular weight is 374 g/mol. The van der Waals surface area contributed by atoms with Crippen LogP contribution in [0.2, 0.25) is 0 Å². The Balaban J connectivity index is 1.80. The van der Waals surface area contributed by atoms with Crippen LogP contribution in [0.15, 0.2) is 58.1 Å². The molecule has 2 aromatic rings. The second-order valence-electron chi connectivity index (χ2n) is 4.90. The lowest BCUT2D eigenvalue weighted by atomic mass is 10.1. The van der Waals surface area contributed by atoms with Crippen LogP contribution in [-0.4, -0.2) is 24.6 Å². The second-order valence-corrected chi connectivity index (χ2v) is 5.82. The first-order valence-corrected chi connectivity index (χ1v) is 7.76. The van der Waals surface area contributed by atoms with Crippen molar-refractivity contribution in [3.63, 3.8) is 0 Å². The summed E-state index contributed by atoms with van der Waals surface area (Å²) in [5.74, 6) is -0.683. The van der Waals surface area contributed by atoms with Crippen LogP contribution in [0.25, 0.3) is 0 Å². The van der Waals surface area contributed by atoms with E-state index in [-0.39, 0.29) is 12.5 Å². The third-order valence-corrected chi connectivity index (χ3v) is 3.43. The molecule has 0 fully saturated rings. The lowest BCUT2D eigenvalue weighted by Gasteiger charge is -2.05. The summed E-state index contributed by atoms with van der Waals surface area (Å²) in [5, 5.41) is 6.40. The number of nitrogens with one attached hydrogen (secondary N) is 2. The van der Waals surface area contributed by atoms with E-state index in [1.807, 2.05) is 37.3 Å². The zero-order valence-corrected chi connectivity index (χ0v) is 14.1. The molecule has 0 bridgehead atoms. The van der Waals surface area contributed by atoms with Gasteiger partial charge in [0.1, 0.15) is 0 Å². The highest BCUT2D eigenvalue weighted by molar-refractivity contribution is 9.10. The summed E-state index contributed by atoms with van der Waals surface area (Å²) in [6.45, 7) is 1.77. The molecule has 5 nitrogen and oxygen atoms in total. The van der Waals surface area contributed by atoms with Crippen molar-refractivity contribution in [1.82, 2.24) is 10.7 Å². The lowest BCUT2D eigenvalue weighted by Crippen LogP contribution is -2.34. The fraction of sp³-hybridized carbons (Fsp3) is 0.118. The van der Waals surface area contributed by atoms with Crippen LogP contribution in [0.1, 0.15) is 21.5 Å². The molecule has 2 rings (SSSR count). The first-order valence-electron chi connectivity index (χ1n) is 6.97. The molecule has 2 amide bonds. The maximum atomic E-state index is 11.9. The summed E-state index contributed by atoms with van der Waals surface area (Å²) < 4.78 is 0.929. The number of halogens is 1. The lowest BCUT2D eigenvalue weighted by molar-refractivity contribution is -0.120. The van der Waals surface area contributed by atoms with E-state index in [4.69, 9.17) is 0 Å². The highest BCUT2D eigenvalue weighted by Gasteiger charge is 2.07. The molecular weight excluding hydrogens is 358 g/mol. The Bertz CT molecular complexity index is 744. The van der Waals surface area contributed by atoms with Crippen LogP contribution >= 0.6 is 15.9 Å². The van der Waals surface area contributed by atoms with E-state index in [0.717, 1.165) is 15.6 Å². The van der Waals surface area contributed by atoms with E-state index in [0.29, 0.717) is 5.56 Å². The molecule has 0 spiro atoms. The fourth-order valence-electron chi connectivity index (χ4n) is 1.85. The maximum Gasteiger partial charge on any atom is 0.259 e. The van der Waals surface area contributed by atoms with Crippen molar-refractivity contribution in [3.8, 4) is 0 Å². The number of carbonyl (C=O) groups is 2. The number of benzene rings is 2. The third-order valence-electron chi connectivity index (χ3n) is 2.94. The molecule has 0 aliphatic heterocycles. The Morgan fingerprint density at radius 1 is 1.17 bits per heavy atom. The Morgan fingerprint density at radius 2 is 1.96 bits per heavy atom. The van der Waals surface area contributed by atoms with Crippen LogP contribution in [-0.2, 0) is 4.79 Å². The molecule has 0 aliphatic rings. The number of carbonyl (C=O) groups excluding carboxylic acids is 2. The molecule has 0 saturated carbocycles. The number of amides is 2. The molecule has 0 atom stereocenters. The first kappa shape index (κ1) is 16.9. The highest BCUT2D eigenvalue weighted by atomic mass is 79.9. The van der Waals surface area contributed by atoms with Gasteiger partial charge >= 0.3 is 0 Å². The minimum Gasteiger partial charge on any atom is -0.343 e. The van der Waals surface area contributed by atoms with Crippen molar-refractivity contribution in [2.45, 2.75) is 6.92 Å². The van der Waals surface area contributed by atoms with Gasteiger partial charge in [-0.15, -0.1) is 0 Å². The van der Waals surface area contributed by atoms with E-state index in [2.05, 4.69) is 31.8 Å². The van der Waals surface area contributed by atoms with Gasteiger partial charge in [-0.2, -0.15) is 5.10 Å². The Kier molecular flexibility index (Phi) is 6.05. The number of hydrazone groups is 1. The van der Waals surface area contributed by atoms with Crippen molar-refractivity contribution < 1.29 is 9.59 Å². The molecule has 0 aliphatic carbocycles. The molecular formula is C17H16BrN3O2. The molecule has 23 heavy (non-hydrogen) atoms. The molecule has 118 valence electrons. The molecule has 2 N–H and O–H groups in total. The molecule has 0 radical (unpaired) electrons. The average Bonchev–Trinajstić information content (AvgIpc) is 2.52. The van der Waals surface area contributed by atoms with Crippen LogP contribution < -0.4 is 10.7 Å². The molecule has 2 aromatic carbocycles. The van der Waals surface area contributed by atoms with Crippen molar-refractivity contribution in [2.75, 3.05) is 6.54 Å². The summed E-state index contributed by atoms with van der Waals surface area (Å²) in [6, 6.07) is 14.7. The smallest absolute Gasteiger partial charge is 0.259 e. The Hall–Kier alpha value is -2.47. The van der Waals surface area contributed by atoms with E-state index in [1.54, 1.807) is 18.2 Å². The van der Waals surface area contributed by atoms with E-state index in [1.165, 1.54) is 6.21 Å². The standard InChI is InChI=1S/C17H16BrN3O2/c1-12-4-2-6-14(8-12)17(23)19-11-16(22)21-20-10-13-5-3-7-15(18)9-13/h2-10H,11H2,1H3,(H,19,23)(H,21,22). The van der Waals surface area contributed by atoms with Gasteiger partial charge in [-0.3, -0.25) is 9.59 Å². The number of hydrogen-bond donors (Lipinski definition) is 2. The van der Waals surface area contributed by atoms with Gasteiger partial charge in [0.05, 0.1) is 12.8 Å². The third kappa shape index (κ3) is 5.67. The van der Waals surface area contributed by atoms with Gasteiger partial charge in [-0.05, 0) is 36.8 Å². The summed E-state index contributed by atoms with van der Waals surface area (Å²) in [6.07, 6.45) is 1.53. The van der Waals surface area contributed by atoms with Gasteiger partial charge in [0, 0.05) is 10.0 Å². The number of nitrogens with zero attached hydrogens (tertiary/aromatic N) is 1. The number of hydrogen-bond acceptors (Lipinski definition) is 3. The quantitative estimate of drug-likeness (QED) is 0.624. The predicted molar refractivity (Wildman–Crippen MR) is 93.4 cm³/mol. The Morgan fingerprint density at radius 3 is 2.70 bits per heavy atom. The zero-order chi connectivity index (χ0) is 16.7. The fourth-order valence-corrected chi connectivity index (χ4v) is 2.27. The van der Waals surface area contributed by atoms with Crippen molar-refractivity contribution in [2.24, 2.45) is 5.10 Å². The SMILES string of the molecule is Cc1cccc(C(=O)NCC(=O)NN=Cc2cccc(Br)c2)c1. The number of aryl methyl sites for hydroxylation is 1. The number of rotatable bonds is 5. The van der Waals surface area contributed by atoms with E-state index >= 15 is 0 Å². The molecule has 0 heterocycles. The first-order chi connectivity index (χ1) is 11.0. The summed E-state index contributed by atoms with van der Waals surface area (Å²) in [5.41, 5.74) is 4.73. The molecule has 0 unspecified atom stereocenters.